The zero-order valence-electron chi connectivity index (χ0n) is 17.0. The molecule has 4 heteroatoms. The van der Waals surface area contributed by atoms with Crippen LogP contribution in [-0.4, -0.2) is 38.6 Å². The van der Waals surface area contributed by atoms with Crippen LogP contribution >= 0.6 is 0 Å². The molecule has 0 amide bonds. The van der Waals surface area contributed by atoms with Crippen LogP contribution in [0.2, 0.25) is 0 Å². The third-order valence-electron chi connectivity index (χ3n) is 4.71. The average Bonchev–Trinajstić information content (AvgIpc) is 3.54. The third-order valence-corrected chi connectivity index (χ3v) is 4.71. The van der Waals surface area contributed by atoms with Gasteiger partial charge in [-0.2, -0.15) is 0 Å². The van der Waals surface area contributed by atoms with Crippen LogP contribution in [0.25, 0.3) is 0 Å². The molecule has 0 bridgehead atoms. The van der Waals surface area contributed by atoms with Gasteiger partial charge in [0, 0.05) is 5.41 Å². The van der Waals surface area contributed by atoms with Crippen LogP contribution in [0.4, 0.5) is 0 Å². The van der Waals surface area contributed by atoms with E-state index >= 15 is 0 Å². The van der Waals surface area contributed by atoms with Crippen LogP contribution in [0, 0.1) is 5.41 Å². The molecular formula is C23H32O4. The van der Waals surface area contributed by atoms with Gasteiger partial charge in [0.05, 0.1) is 13.2 Å². The fourth-order valence-corrected chi connectivity index (χ4v) is 2.42. The second-order valence-corrected chi connectivity index (χ2v) is 7.25. The summed E-state index contributed by atoms with van der Waals surface area (Å²) >= 11 is 0. The van der Waals surface area contributed by atoms with E-state index in [9.17, 15) is 0 Å². The van der Waals surface area contributed by atoms with E-state index in [-0.39, 0.29) is 17.6 Å². The van der Waals surface area contributed by atoms with Crippen molar-refractivity contribution < 1.29 is 18.9 Å². The summed E-state index contributed by atoms with van der Waals surface area (Å²) in [5.74, 6) is 1.46. The van der Waals surface area contributed by atoms with E-state index in [0.29, 0.717) is 19.0 Å². The van der Waals surface area contributed by atoms with Crippen molar-refractivity contribution in [2.45, 2.75) is 39.9 Å². The first kappa shape index (κ1) is 21.3. The Morgan fingerprint density at radius 1 is 0.926 bits per heavy atom. The third kappa shape index (κ3) is 7.24. The summed E-state index contributed by atoms with van der Waals surface area (Å²) in [6.45, 7) is 19.2. The Bertz CT molecular complexity index is 656. The average molecular weight is 373 g/mol. The Labute approximate surface area is 163 Å². The zero-order valence-corrected chi connectivity index (χ0v) is 17.0. The molecule has 2 aliphatic rings. The minimum absolute atomic E-state index is 0.229. The van der Waals surface area contributed by atoms with Crippen LogP contribution in [0.5, 0.6) is 0 Å². The van der Waals surface area contributed by atoms with Crippen molar-refractivity contribution in [1.29, 1.82) is 0 Å². The standard InChI is InChI=1S/C23H32O4/c1-7-19(11-10-18(4)24-13-21-15-26-21)23(5,6)17(3)9-12-20(8-2)25-14-22-16-27-22/h7-12,21-22H,3-4,13-16H2,1-2,5-6H3/b11-10-,12-9-,19-7+,20-8+. The highest BCUT2D eigenvalue weighted by Crippen LogP contribution is 2.35. The molecule has 0 aromatic heterocycles. The predicted molar refractivity (Wildman–Crippen MR) is 109 cm³/mol. The van der Waals surface area contributed by atoms with E-state index in [2.05, 4.69) is 33.1 Å². The highest BCUT2D eigenvalue weighted by Gasteiger charge is 2.25. The molecular weight excluding hydrogens is 340 g/mol. The second kappa shape index (κ2) is 9.77. The molecule has 0 radical (unpaired) electrons. The van der Waals surface area contributed by atoms with Gasteiger partial charge in [-0.3, -0.25) is 0 Å². The summed E-state index contributed by atoms with van der Waals surface area (Å²) in [5, 5.41) is 0. The minimum Gasteiger partial charge on any atom is -0.491 e. The number of rotatable bonds is 12. The first-order valence-corrected chi connectivity index (χ1v) is 9.43. The van der Waals surface area contributed by atoms with Gasteiger partial charge in [-0.1, -0.05) is 45.2 Å². The van der Waals surface area contributed by atoms with Crippen molar-refractivity contribution in [3.63, 3.8) is 0 Å². The second-order valence-electron chi connectivity index (χ2n) is 7.25. The molecule has 2 heterocycles. The minimum atomic E-state index is -0.236. The Hall–Kier alpha value is -2.04. The quantitative estimate of drug-likeness (QED) is 0.278. The molecule has 2 unspecified atom stereocenters. The van der Waals surface area contributed by atoms with Gasteiger partial charge in [0.2, 0.25) is 0 Å². The molecule has 27 heavy (non-hydrogen) atoms. The number of hydrogen-bond acceptors (Lipinski definition) is 4. The van der Waals surface area contributed by atoms with Gasteiger partial charge in [0.25, 0.3) is 0 Å². The molecule has 4 nitrogen and oxygen atoms in total. The maximum Gasteiger partial charge on any atom is 0.117 e. The summed E-state index contributed by atoms with van der Waals surface area (Å²) in [4.78, 5) is 0. The van der Waals surface area contributed by atoms with Crippen molar-refractivity contribution in [2.24, 2.45) is 5.41 Å². The van der Waals surface area contributed by atoms with Crippen LogP contribution in [-0.2, 0) is 18.9 Å². The highest BCUT2D eigenvalue weighted by atomic mass is 16.6. The summed E-state index contributed by atoms with van der Waals surface area (Å²) in [6.07, 6.45) is 12.4. The predicted octanol–water partition coefficient (Wildman–Crippen LogP) is 4.88. The van der Waals surface area contributed by atoms with E-state index in [1.54, 1.807) is 0 Å². The van der Waals surface area contributed by atoms with Gasteiger partial charge < -0.3 is 18.9 Å². The van der Waals surface area contributed by atoms with Crippen molar-refractivity contribution in [1.82, 2.24) is 0 Å². The molecule has 0 spiro atoms. The van der Waals surface area contributed by atoms with Gasteiger partial charge in [-0.25, -0.2) is 0 Å². The Kier molecular flexibility index (Phi) is 7.69. The smallest absolute Gasteiger partial charge is 0.117 e. The lowest BCUT2D eigenvalue weighted by Crippen LogP contribution is -2.15. The van der Waals surface area contributed by atoms with Gasteiger partial charge in [0.1, 0.15) is 36.9 Å². The molecule has 0 aromatic carbocycles. The van der Waals surface area contributed by atoms with Gasteiger partial charge in [-0.05, 0) is 43.2 Å². The number of hydrogen-bond donors (Lipinski definition) is 0. The zero-order chi connectivity index (χ0) is 19.9. The molecule has 2 aliphatic heterocycles. The fourth-order valence-electron chi connectivity index (χ4n) is 2.42. The largest absolute Gasteiger partial charge is 0.491 e. The van der Waals surface area contributed by atoms with Crippen LogP contribution < -0.4 is 0 Å². The van der Waals surface area contributed by atoms with Gasteiger partial charge in [-0.15, -0.1) is 0 Å². The lowest BCUT2D eigenvalue weighted by Gasteiger charge is -2.27. The molecule has 2 saturated heterocycles. The summed E-state index contributed by atoms with van der Waals surface area (Å²) in [6, 6.07) is 0. The fraction of sp³-hybridized carbons (Fsp3) is 0.478. The maximum atomic E-state index is 5.74. The van der Waals surface area contributed by atoms with E-state index < -0.39 is 0 Å². The van der Waals surface area contributed by atoms with Crippen LogP contribution in [0.15, 0.2) is 72.3 Å². The topological polar surface area (TPSA) is 43.5 Å². The summed E-state index contributed by atoms with van der Waals surface area (Å²) < 4.78 is 21.6. The summed E-state index contributed by atoms with van der Waals surface area (Å²) in [5.41, 5.74) is 1.89. The summed E-state index contributed by atoms with van der Waals surface area (Å²) in [7, 11) is 0. The Morgan fingerprint density at radius 3 is 2.04 bits per heavy atom. The first-order chi connectivity index (χ1) is 12.9. The van der Waals surface area contributed by atoms with Gasteiger partial charge in [0.15, 0.2) is 0 Å². The van der Waals surface area contributed by atoms with E-state index in [0.717, 1.165) is 30.1 Å². The Balaban J connectivity index is 1.91. The molecule has 0 aliphatic carbocycles. The van der Waals surface area contributed by atoms with Crippen molar-refractivity contribution in [3.05, 3.63) is 72.3 Å². The van der Waals surface area contributed by atoms with Crippen molar-refractivity contribution >= 4 is 0 Å². The van der Waals surface area contributed by atoms with E-state index in [4.69, 9.17) is 18.9 Å². The number of epoxide rings is 2. The van der Waals surface area contributed by atoms with Crippen molar-refractivity contribution in [3.8, 4) is 0 Å². The normalized spacial score (nSPS) is 23.0. The molecule has 2 atom stereocenters. The van der Waals surface area contributed by atoms with Crippen LogP contribution in [0.1, 0.15) is 27.7 Å². The van der Waals surface area contributed by atoms with Gasteiger partial charge >= 0.3 is 0 Å². The molecule has 0 saturated carbocycles. The van der Waals surface area contributed by atoms with E-state index in [1.807, 2.05) is 44.2 Å². The van der Waals surface area contributed by atoms with Crippen molar-refractivity contribution in [2.75, 3.05) is 26.4 Å². The molecule has 2 fully saturated rings. The molecule has 2 rings (SSSR count). The van der Waals surface area contributed by atoms with Crippen LogP contribution in [0.3, 0.4) is 0 Å². The highest BCUT2D eigenvalue weighted by molar-refractivity contribution is 5.40. The molecule has 0 N–H and O–H groups in total. The Morgan fingerprint density at radius 2 is 1.52 bits per heavy atom. The molecule has 0 aromatic rings. The monoisotopic (exact) mass is 372 g/mol. The van der Waals surface area contributed by atoms with E-state index in [1.165, 1.54) is 0 Å². The molecule has 148 valence electrons. The lowest BCUT2D eigenvalue weighted by molar-refractivity contribution is 0.192. The SMILES string of the molecule is C=C(/C=C\C(=C/C)C(C)(C)C(=C)/C=C\C(=C/C)OCC1CO1)OCC1CO1. The first-order valence-electron chi connectivity index (χ1n) is 9.43. The lowest BCUT2D eigenvalue weighted by atomic mass is 9.77. The maximum absolute atomic E-state index is 5.74. The number of allylic oxidation sites excluding steroid dienone is 8. The number of ether oxygens (including phenoxy) is 4.